The van der Waals surface area contributed by atoms with Crippen LogP contribution in [-0.2, 0) is 20.0 Å². The summed E-state index contributed by atoms with van der Waals surface area (Å²) in [5.41, 5.74) is 10.2. The highest BCUT2D eigenvalue weighted by atomic mass is 32.1. The Hall–Kier alpha value is -1.82. The largest absolute Gasteiger partial charge is 0.369 e. The lowest BCUT2D eigenvalue weighted by Gasteiger charge is -2.05. The molecule has 0 fully saturated rings. The van der Waals surface area contributed by atoms with E-state index in [9.17, 15) is 0 Å². The highest BCUT2D eigenvalue weighted by Gasteiger charge is 2.16. The van der Waals surface area contributed by atoms with E-state index in [4.69, 9.17) is 5.73 Å². The maximum absolute atomic E-state index is 6.02. The number of nitrogen functional groups attached to an aromatic ring is 1. The normalized spacial score (nSPS) is 11.4. The van der Waals surface area contributed by atoms with Gasteiger partial charge in [0.25, 0.3) is 0 Å². The maximum Gasteiger partial charge on any atom is 0.202 e. The number of nitrogens with zero attached hydrogens (tertiary/aromatic N) is 4. The van der Waals surface area contributed by atoms with Crippen molar-refractivity contribution >= 4 is 28.4 Å². The first-order valence-corrected chi connectivity index (χ1v) is 6.83. The van der Waals surface area contributed by atoms with E-state index in [1.54, 1.807) is 11.3 Å². The van der Waals surface area contributed by atoms with Gasteiger partial charge in [-0.05, 0) is 28.8 Å². The number of hydrogen-bond donors (Lipinski definition) is 1. The fourth-order valence-electron chi connectivity index (χ4n) is 2.22. The number of hydrogen-bond acceptors (Lipinski definition) is 4. The number of aromatic nitrogens is 4. The summed E-state index contributed by atoms with van der Waals surface area (Å²) in [4.78, 5) is 4.45. The third-order valence-corrected chi connectivity index (χ3v) is 3.81. The van der Waals surface area contributed by atoms with Crippen molar-refractivity contribution < 1.29 is 0 Å². The average molecular weight is 261 g/mol. The molecule has 3 aromatic rings. The molecule has 0 saturated carbocycles. The lowest BCUT2D eigenvalue weighted by atomic mass is 10.3. The van der Waals surface area contributed by atoms with Crippen molar-refractivity contribution in [2.75, 3.05) is 5.73 Å². The molecule has 0 radical (unpaired) electrons. The van der Waals surface area contributed by atoms with Crippen LogP contribution in [0.2, 0.25) is 0 Å². The van der Waals surface area contributed by atoms with Crippen LogP contribution in [0.4, 0.5) is 5.95 Å². The molecule has 3 aromatic heterocycles. The minimum absolute atomic E-state index is 0.555. The van der Waals surface area contributed by atoms with E-state index in [1.807, 2.05) is 16.3 Å². The molecule has 5 nitrogen and oxygen atoms in total. The second-order valence-corrected chi connectivity index (χ2v) is 5.06. The summed E-state index contributed by atoms with van der Waals surface area (Å²) in [6.45, 7) is 2.82. The van der Waals surface area contributed by atoms with Gasteiger partial charge in [-0.15, -0.1) is 0 Å². The molecule has 0 saturated heterocycles. The standard InChI is InChI=1S/C12H15N5S/c1-3-9-10-11(16(2)15-9)17(12(13)14-10)6-8-4-5-18-7-8/h4-5,7H,3,6H2,1-2H3,(H2,13,14). The van der Waals surface area contributed by atoms with Crippen molar-refractivity contribution in [1.29, 1.82) is 0 Å². The summed E-state index contributed by atoms with van der Waals surface area (Å²) < 4.78 is 3.88. The van der Waals surface area contributed by atoms with Crippen LogP contribution in [-0.4, -0.2) is 19.3 Å². The minimum atomic E-state index is 0.555. The smallest absolute Gasteiger partial charge is 0.202 e. The number of rotatable bonds is 3. The molecule has 0 bridgehead atoms. The van der Waals surface area contributed by atoms with E-state index in [0.29, 0.717) is 5.95 Å². The predicted octanol–water partition coefficient (Wildman–Crippen LogP) is 2.02. The van der Waals surface area contributed by atoms with Crippen molar-refractivity contribution in [2.24, 2.45) is 7.05 Å². The molecule has 0 aliphatic carbocycles. The van der Waals surface area contributed by atoms with E-state index < -0.39 is 0 Å². The molecule has 18 heavy (non-hydrogen) atoms. The summed E-state index contributed by atoms with van der Waals surface area (Å²) in [5, 5.41) is 8.68. The van der Waals surface area contributed by atoms with Gasteiger partial charge in [-0.2, -0.15) is 16.4 Å². The number of aryl methyl sites for hydroxylation is 2. The molecular weight excluding hydrogens is 246 g/mol. The van der Waals surface area contributed by atoms with Crippen LogP contribution in [0.3, 0.4) is 0 Å². The van der Waals surface area contributed by atoms with Crippen molar-refractivity contribution in [3.8, 4) is 0 Å². The first-order chi connectivity index (χ1) is 8.70. The molecule has 0 atom stereocenters. The molecular formula is C12H15N5S. The molecule has 0 aromatic carbocycles. The fraction of sp³-hybridized carbons (Fsp3) is 0.333. The molecule has 0 spiro atoms. The second-order valence-electron chi connectivity index (χ2n) is 4.28. The second kappa shape index (κ2) is 4.13. The highest BCUT2D eigenvalue weighted by molar-refractivity contribution is 7.07. The molecule has 0 aliphatic rings. The first kappa shape index (κ1) is 11.3. The van der Waals surface area contributed by atoms with E-state index >= 15 is 0 Å². The van der Waals surface area contributed by atoms with Gasteiger partial charge in [0.1, 0.15) is 5.52 Å². The van der Waals surface area contributed by atoms with Crippen molar-refractivity contribution in [1.82, 2.24) is 19.3 Å². The zero-order valence-electron chi connectivity index (χ0n) is 10.4. The van der Waals surface area contributed by atoms with Crippen molar-refractivity contribution in [3.63, 3.8) is 0 Å². The number of imidazole rings is 1. The predicted molar refractivity (Wildman–Crippen MR) is 73.7 cm³/mol. The van der Waals surface area contributed by atoms with Gasteiger partial charge in [0, 0.05) is 7.05 Å². The van der Waals surface area contributed by atoms with Gasteiger partial charge in [0.2, 0.25) is 5.95 Å². The summed E-state index contributed by atoms with van der Waals surface area (Å²) >= 11 is 1.69. The van der Waals surface area contributed by atoms with Crippen LogP contribution in [0.25, 0.3) is 11.2 Å². The number of nitrogens with two attached hydrogens (primary N) is 1. The molecule has 0 amide bonds. The first-order valence-electron chi connectivity index (χ1n) is 5.89. The van der Waals surface area contributed by atoms with Gasteiger partial charge in [0.15, 0.2) is 5.65 Å². The minimum Gasteiger partial charge on any atom is -0.369 e. The Morgan fingerprint density at radius 1 is 1.44 bits per heavy atom. The average Bonchev–Trinajstić information content (AvgIpc) is 3.01. The highest BCUT2D eigenvalue weighted by Crippen LogP contribution is 2.22. The van der Waals surface area contributed by atoms with Crippen molar-refractivity contribution in [3.05, 3.63) is 28.1 Å². The van der Waals surface area contributed by atoms with Crippen LogP contribution < -0.4 is 5.73 Å². The lowest BCUT2D eigenvalue weighted by Crippen LogP contribution is -2.07. The Morgan fingerprint density at radius 3 is 2.94 bits per heavy atom. The molecule has 94 valence electrons. The third-order valence-electron chi connectivity index (χ3n) is 3.08. The van der Waals surface area contributed by atoms with Gasteiger partial charge in [0.05, 0.1) is 12.2 Å². The molecule has 0 aliphatic heterocycles. The van der Waals surface area contributed by atoms with Gasteiger partial charge < -0.3 is 5.73 Å². The Morgan fingerprint density at radius 2 is 2.28 bits per heavy atom. The Labute approximate surface area is 109 Å². The maximum atomic E-state index is 6.02. The summed E-state index contributed by atoms with van der Waals surface area (Å²) in [6.07, 6.45) is 0.867. The molecule has 2 N–H and O–H groups in total. The SMILES string of the molecule is CCc1nn(C)c2c1nc(N)n2Cc1ccsc1. The number of fused-ring (bicyclic) bond motifs is 1. The van der Waals surface area contributed by atoms with Crippen LogP contribution >= 0.6 is 11.3 Å². The van der Waals surface area contributed by atoms with Crippen LogP contribution in [0.5, 0.6) is 0 Å². The van der Waals surface area contributed by atoms with Crippen molar-refractivity contribution in [2.45, 2.75) is 19.9 Å². The number of thiophene rings is 1. The Balaban J connectivity index is 2.16. The zero-order valence-corrected chi connectivity index (χ0v) is 11.2. The Bertz CT molecular complexity index is 677. The van der Waals surface area contributed by atoms with Crippen LogP contribution in [0, 0.1) is 0 Å². The van der Waals surface area contributed by atoms with Gasteiger partial charge in [-0.3, -0.25) is 9.25 Å². The topological polar surface area (TPSA) is 61.7 Å². The van der Waals surface area contributed by atoms with Gasteiger partial charge in [-0.25, -0.2) is 4.98 Å². The number of anilines is 1. The zero-order chi connectivity index (χ0) is 12.7. The molecule has 0 unspecified atom stereocenters. The van der Waals surface area contributed by atoms with Gasteiger partial charge in [-0.1, -0.05) is 6.92 Å². The molecule has 3 rings (SSSR count). The van der Waals surface area contributed by atoms with Gasteiger partial charge >= 0.3 is 0 Å². The summed E-state index contributed by atoms with van der Waals surface area (Å²) in [6, 6.07) is 2.10. The van der Waals surface area contributed by atoms with Crippen LogP contribution in [0.1, 0.15) is 18.2 Å². The molecule has 6 heteroatoms. The Kier molecular flexibility index (Phi) is 2.59. The van der Waals surface area contributed by atoms with Crippen LogP contribution in [0.15, 0.2) is 16.8 Å². The lowest BCUT2D eigenvalue weighted by molar-refractivity contribution is 0.720. The quantitative estimate of drug-likeness (QED) is 0.784. The summed E-state index contributed by atoms with van der Waals surface area (Å²) in [7, 11) is 1.94. The molecule has 3 heterocycles. The monoisotopic (exact) mass is 261 g/mol. The van der Waals surface area contributed by atoms with E-state index in [0.717, 1.165) is 29.8 Å². The van der Waals surface area contributed by atoms with E-state index in [1.165, 1.54) is 5.56 Å². The summed E-state index contributed by atoms with van der Waals surface area (Å²) in [5.74, 6) is 0.555. The fourth-order valence-corrected chi connectivity index (χ4v) is 2.88. The van der Waals surface area contributed by atoms with E-state index in [-0.39, 0.29) is 0 Å². The third kappa shape index (κ3) is 1.60. The van der Waals surface area contributed by atoms with E-state index in [2.05, 4.69) is 33.8 Å².